The summed E-state index contributed by atoms with van der Waals surface area (Å²) < 4.78 is 5.14. The van der Waals surface area contributed by atoms with Gasteiger partial charge in [-0.2, -0.15) is 11.8 Å². The van der Waals surface area contributed by atoms with Crippen molar-refractivity contribution < 1.29 is 9.53 Å². The average Bonchev–Trinajstić information content (AvgIpc) is 2.35. The molecule has 0 aromatic carbocycles. The number of hydrogen-bond acceptors (Lipinski definition) is 4. The molecule has 5 heteroatoms. The molecule has 2 heterocycles. The van der Waals surface area contributed by atoms with Gasteiger partial charge in [-0.25, -0.2) is 0 Å². The lowest BCUT2D eigenvalue weighted by Crippen LogP contribution is -2.49. The van der Waals surface area contributed by atoms with Crippen LogP contribution in [0.3, 0.4) is 0 Å². The van der Waals surface area contributed by atoms with E-state index in [1.807, 2.05) is 23.7 Å². The van der Waals surface area contributed by atoms with E-state index in [4.69, 9.17) is 4.74 Å². The monoisotopic (exact) mass is 230 g/mol. The van der Waals surface area contributed by atoms with Crippen LogP contribution >= 0.6 is 11.8 Å². The number of amides is 1. The molecule has 86 valence electrons. The van der Waals surface area contributed by atoms with E-state index in [-0.39, 0.29) is 11.9 Å². The van der Waals surface area contributed by atoms with Gasteiger partial charge in [0.25, 0.3) is 0 Å². The number of nitrogens with zero attached hydrogens (tertiary/aromatic N) is 1. The van der Waals surface area contributed by atoms with E-state index in [0.29, 0.717) is 5.92 Å². The van der Waals surface area contributed by atoms with Gasteiger partial charge < -0.3 is 15.0 Å². The largest absolute Gasteiger partial charge is 0.381 e. The summed E-state index contributed by atoms with van der Waals surface area (Å²) in [6.07, 6.45) is 0. The SMILES string of the molecule is CNC1CSCCN(CC2COC2)C1=O. The zero-order valence-electron chi connectivity index (χ0n) is 9.07. The maximum Gasteiger partial charge on any atom is 0.240 e. The zero-order chi connectivity index (χ0) is 10.7. The molecule has 1 N–H and O–H groups in total. The number of nitrogens with one attached hydrogen (secondary N) is 1. The number of likely N-dealkylation sites (N-methyl/N-ethyl adjacent to an activating group) is 1. The highest BCUT2D eigenvalue weighted by Crippen LogP contribution is 2.17. The molecule has 4 nitrogen and oxygen atoms in total. The van der Waals surface area contributed by atoms with E-state index in [1.54, 1.807) is 0 Å². The molecule has 0 aromatic heterocycles. The van der Waals surface area contributed by atoms with E-state index in [9.17, 15) is 4.79 Å². The molecule has 0 spiro atoms. The topological polar surface area (TPSA) is 41.6 Å². The molecule has 1 amide bonds. The van der Waals surface area contributed by atoms with Crippen molar-refractivity contribution >= 4 is 17.7 Å². The molecule has 0 radical (unpaired) electrons. The highest BCUT2D eigenvalue weighted by molar-refractivity contribution is 7.99. The van der Waals surface area contributed by atoms with E-state index in [0.717, 1.165) is 37.8 Å². The second kappa shape index (κ2) is 5.18. The molecule has 0 aromatic rings. The molecule has 0 bridgehead atoms. The Balaban J connectivity index is 1.91. The second-order valence-corrected chi connectivity index (χ2v) is 5.25. The molecule has 1 unspecified atom stereocenters. The molecular weight excluding hydrogens is 212 g/mol. The molecule has 0 aliphatic carbocycles. The summed E-state index contributed by atoms with van der Waals surface area (Å²) in [6, 6.07) is -0.00139. The summed E-state index contributed by atoms with van der Waals surface area (Å²) in [6.45, 7) is 3.40. The van der Waals surface area contributed by atoms with Gasteiger partial charge in [0.2, 0.25) is 5.91 Å². The molecule has 0 saturated carbocycles. The van der Waals surface area contributed by atoms with E-state index in [1.165, 1.54) is 0 Å². The maximum atomic E-state index is 12.1. The average molecular weight is 230 g/mol. The van der Waals surface area contributed by atoms with Crippen molar-refractivity contribution in [1.82, 2.24) is 10.2 Å². The van der Waals surface area contributed by atoms with Crippen LogP contribution in [0.2, 0.25) is 0 Å². The summed E-state index contributed by atoms with van der Waals surface area (Å²) in [4.78, 5) is 14.1. The van der Waals surface area contributed by atoms with Crippen LogP contribution in [0.1, 0.15) is 0 Å². The van der Waals surface area contributed by atoms with Crippen LogP contribution in [0.5, 0.6) is 0 Å². The van der Waals surface area contributed by atoms with Crippen molar-refractivity contribution in [3.8, 4) is 0 Å². The predicted molar refractivity (Wildman–Crippen MR) is 61.1 cm³/mol. The Morgan fingerprint density at radius 3 is 3.00 bits per heavy atom. The van der Waals surface area contributed by atoms with Crippen molar-refractivity contribution in [2.75, 3.05) is 44.9 Å². The number of rotatable bonds is 3. The first-order valence-corrected chi connectivity index (χ1v) is 6.58. The smallest absolute Gasteiger partial charge is 0.240 e. The Morgan fingerprint density at radius 1 is 1.60 bits per heavy atom. The van der Waals surface area contributed by atoms with Gasteiger partial charge in [-0.05, 0) is 7.05 Å². The van der Waals surface area contributed by atoms with Gasteiger partial charge in [-0.3, -0.25) is 4.79 Å². The fourth-order valence-electron chi connectivity index (χ4n) is 1.87. The molecule has 2 rings (SSSR count). The van der Waals surface area contributed by atoms with Gasteiger partial charge >= 0.3 is 0 Å². The Morgan fingerprint density at radius 2 is 2.40 bits per heavy atom. The lowest BCUT2D eigenvalue weighted by Gasteiger charge is -2.32. The van der Waals surface area contributed by atoms with Crippen LogP contribution in [-0.4, -0.2) is 61.7 Å². The van der Waals surface area contributed by atoms with Crippen molar-refractivity contribution in [1.29, 1.82) is 0 Å². The number of carbonyl (C=O) groups is 1. The van der Waals surface area contributed by atoms with Crippen LogP contribution in [0.15, 0.2) is 0 Å². The van der Waals surface area contributed by atoms with Gasteiger partial charge in [0.15, 0.2) is 0 Å². The lowest BCUT2D eigenvalue weighted by molar-refractivity contribution is -0.135. The minimum atomic E-state index is -0.00139. The van der Waals surface area contributed by atoms with Crippen LogP contribution in [0, 0.1) is 5.92 Å². The number of ether oxygens (including phenoxy) is 1. The second-order valence-electron chi connectivity index (χ2n) is 4.10. The molecular formula is C10H18N2O2S. The standard InChI is InChI=1S/C10H18N2O2S/c1-11-9-7-15-3-2-12(10(9)13)4-8-5-14-6-8/h8-9,11H,2-7H2,1H3. The summed E-state index contributed by atoms with van der Waals surface area (Å²) >= 11 is 1.85. The van der Waals surface area contributed by atoms with Gasteiger partial charge in [0.05, 0.1) is 19.3 Å². The van der Waals surface area contributed by atoms with E-state index >= 15 is 0 Å². The molecule has 2 aliphatic rings. The van der Waals surface area contributed by atoms with Crippen LogP contribution in [-0.2, 0) is 9.53 Å². The number of hydrogen-bond donors (Lipinski definition) is 1. The fourth-order valence-corrected chi connectivity index (χ4v) is 2.93. The highest BCUT2D eigenvalue weighted by atomic mass is 32.2. The number of carbonyl (C=O) groups excluding carboxylic acids is 1. The Bertz CT molecular complexity index is 233. The quantitative estimate of drug-likeness (QED) is 0.729. The van der Waals surface area contributed by atoms with Crippen LogP contribution in [0.25, 0.3) is 0 Å². The van der Waals surface area contributed by atoms with Crippen molar-refractivity contribution in [3.05, 3.63) is 0 Å². The third-order valence-electron chi connectivity index (χ3n) is 2.93. The fraction of sp³-hybridized carbons (Fsp3) is 0.900. The summed E-state index contributed by atoms with van der Waals surface area (Å²) in [5.41, 5.74) is 0. The Labute approximate surface area is 94.7 Å². The van der Waals surface area contributed by atoms with Gasteiger partial charge in [-0.1, -0.05) is 0 Å². The molecule has 2 aliphatic heterocycles. The van der Waals surface area contributed by atoms with Crippen molar-refractivity contribution in [2.24, 2.45) is 5.92 Å². The zero-order valence-corrected chi connectivity index (χ0v) is 9.89. The molecule has 2 saturated heterocycles. The van der Waals surface area contributed by atoms with Gasteiger partial charge in [0.1, 0.15) is 0 Å². The molecule has 2 fully saturated rings. The minimum absolute atomic E-state index is 0.00139. The van der Waals surface area contributed by atoms with Gasteiger partial charge in [0, 0.05) is 30.5 Å². The maximum absolute atomic E-state index is 12.1. The summed E-state index contributed by atoms with van der Waals surface area (Å²) in [7, 11) is 1.86. The first kappa shape index (κ1) is 11.2. The first-order chi connectivity index (χ1) is 7.31. The van der Waals surface area contributed by atoms with Crippen molar-refractivity contribution in [3.63, 3.8) is 0 Å². The number of thioether (sulfide) groups is 1. The van der Waals surface area contributed by atoms with Gasteiger partial charge in [-0.15, -0.1) is 0 Å². The normalized spacial score (nSPS) is 28.7. The Hall–Kier alpha value is -0.260. The molecule has 15 heavy (non-hydrogen) atoms. The first-order valence-electron chi connectivity index (χ1n) is 5.43. The van der Waals surface area contributed by atoms with Crippen molar-refractivity contribution in [2.45, 2.75) is 6.04 Å². The van der Waals surface area contributed by atoms with Crippen LogP contribution < -0.4 is 5.32 Å². The predicted octanol–water partition coefficient (Wildman–Crippen LogP) is -0.204. The Kier molecular flexibility index (Phi) is 3.88. The molecule has 1 atom stereocenters. The summed E-state index contributed by atoms with van der Waals surface area (Å²) in [5, 5.41) is 3.09. The third-order valence-corrected chi connectivity index (χ3v) is 3.97. The highest BCUT2D eigenvalue weighted by Gasteiger charge is 2.29. The lowest BCUT2D eigenvalue weighted by atomic mass is 10.1. The summed E-state index contributed by atoms with van der Waals surface area (Å²) in [5.74, 6) is 2.77. The van der Waals surface area contributed by atoms with E-state index in [2.05, 4.69) is 5.32 Å². The van der Waals surface area contributed by atoms with E-state index < -0.39 is 0 Å². The third kappa shape index (κ3) is 2.65. The van der Waals surface area contributed by atoms with Crippen LogP contribution in [0.4, 0.5) is 0 Å². The minimum Gasteiger partial charge on any atom is -0.381 e.